The van der Waals surface area contributed by atoms with E-state index in [-0.39, 0.29) is 17.7 Å². The van der Waals surface area contributed by atoms with Crippen molar-refractivity contribution in [1.82, 2.24) is 10.3 Å². The maximum Gasteiger partial charge on any atom is 0.257 e. The van der Waals surface area contributed by atoms with Crippen LogP contribution in [0.3, 0.4) is 0 Å². The third-order valence-corrected chi connectivity index (χ3v) is 6.21. The number of methoxy groups -OCH3 is 1. The highest BCUT2D eigenvalue weighted by Crippen LogP contribution is 2.38. The molecule has 1 atom stereocenters. The van der Waals surface area contributed by atoms with Crippen molar-refractivity contribution in [3.63, 3.8) is 0 Å². The lowest BCUT2D eigenvalue weighted by atomic mass is 10.1. The molecule has 0 bridgehead atoms. The Hall–Kier alpha value is -3.19. The molecule has 0 radical (unpaired) electrons. The zero-order chi connectivity index (χ0) is 20.9. The van der Waals surface area contributed by atoms with E-state index in [0.717, 1.165) is 41.1 Å². The number of nitrogens with one attached hydrogen (secondary N) is 2. The third kappa shape index (κ3) is 4.52. The highest BCUT2D eigenvalue weighted by molar-refractivity contribution is 7.16. The molecule has 1 heterocycles. The van der Waals surface area contributed by atoms with Crippen LogP contribution < -0.4 is 15.4 Å². The Bertz CT molecular complexity index is 1030. The van der Waals surface area contributed by atoms with Gasteiger partial charge in [-0.3, -0.25) is 14.9 Å². The molecule has 30 heavy (non-hydrogen) atoms. The number of hydrogen-bond donors (Lipinski definition) is 2. The number of carbonyl (C=O) groups excluding carboxylic acids is 2. The third-order valence-electron chi connectivity index (χ3n) is 5.16. The molecule has 4 rings (SSSR count). The Morgan fingerprint density at radius 3 is 2.63 bits per heavy atom. The van der Waals surface area contributed by atoms with Crippen molar-refractivity contribution < 1.29 is 14.3 Å². The van der Waals surface area contributed by atoms with Crippen LogP contribution in [-0.4, -0.2) is 30.5 Å². The Kier molecular flexibility index (Phi) is 6.09. The average Bonchev–Trinajstić information content (AvgIpc) is 3.35. The smallest absolute Gasteiger partial charge is 0.257 e. The minimum Gasteiger partial charge on any atom is -0.497 e. The molecule has 2 aromatic carbocycles. The first-order chi connectivity index (χ1) is 14.6. The monoisotopic (exact) mass is 421 g/mol. The van der Waals surface area contributed by atoms with E-state index in [9.17, 15) is 9.59 Å². The van der Waals surface area contributed by atoms with Gasteiger partial charge in [0.2, 0.25) is 5.91 Å². The van der Waals surface area contributed by atoms with E-state index in [1.54, 1.807) is 19.2 Å². The minimum atomic E-state index is -0.255. The first kappa shape index (κ1) is 20.1. The predicted molar refractivity (Wildman–Crippen MR) is 117 cm³/mol. The quantitative estimate of drug-likeness (QED) is 0.608. The number of anilines is 1. The molecule has 0 saturated heterocycles. The number of nitrogens with zero attached hydrogens (tertiary/aromatic N) is 1. The van der Waals surface area contributed by atoms with Crippen LogP contribution in [0.5, 0.6) is 5.75 Å². The van der Waals surface area contributed by atoms with E-state index >= 15 is 0 Å². The first-order valence-electron chi connectivity index (χ1n) is 9.90. The Morgan fingerprint density at radius 1 is 1.13 bits per heavy atom. The molecule has 0 spiro atoms. The SMILES string of the molecule is COc1ccc(CCNC(=O)C2CCc3sc(NC(=O)c4ccccc4)nc32)cc1. The summed E-state index contributed by atoms with van der Waals surface area (Å²) in [6.07, 6.45) is 2.32. The fraction of sp³-hybridized carbons (Fsp3) is 0.261. The van der Waals surface area contributed by atoms with E-state index < -0.39 is 0 Å². The summed E-state index contributed by atoms with van der Waals surface area (Å²) in [6.45, 7) is 0.568. The molecule has 7 heteroatoms. The van der Waals surface area contributed by atoms with Crippen molar-refractivity contribution in [3.05, 3.63) is 76.3 Å². The summed E-state index contributed by atoms with van der Waals surface area (Å²) in [5.74, 6) is 0.367. The molecule has 0 fully saturated rings. The van der Waals surface area contributed by atoms with E-state index in [4.69, 9.17) is 4.74 Å². The molecule has 1 aliphatic carbocycles. The van der Waals surface area contributed by atoms with Gasteiger partial charge in [0.1, 0.15) is 5.75 Å². The van der Waals surface area contributed by atoms with Gasteiger partial charge < -0.3 is 10.1 Å². The highest BCUT2D eigenvalue weighted by atomic mass is 32.1. The number of benzene rings is 2. The zero-order valence-electron chi connectivity index (χ0n) is 16.7. The van der Waals surface area contributed by atoms with Gasteiger partial charge in [0.15, 0.2) is 5.13 Å². The molecule has 0 saturated carbocycles. The average molecular weight is 422 g/mol. The van der Waals surface area contributed by atoms with Crippen molar-refractivity contribution in [2.75, 3.05) is 19.0 Å². The lowest BCUT2D eigenvalue weighted by molar-refractivity contribution is -0.122. The number of ether oxygens (including phenoxy) is 1. The number of aryl methyl sites for hydroxylation is 1. The van der Waals surface area contributed by atoms with Crippen LogP contribution in [0.15, 0.2) is 54.6 Å². The molecule has 1 aromatic heterocycles. The lowest BCUT2D eigenvalue weighted by Gasteiger charge is -2.11. The number of aromatic nitrogens is 1. The summed E-state index contributed by atoms with van der Waals surface area (Å²) in [6, 6.07) is 16.9. The van der Waals surface area contributed by atoms with Crippen LogP contribution in [0.4, 0.5) is 5.13 Å². The molecule has 0 aliphatic heterocycles. The second kappa shape index (κ2) is 9.09. The van der Waals surface area contributed by atoms with Crippen molar-refractivity contribution in [2.24, 2.45) is 0 Å². The normalized spacial score (nSPS) is 14.8. The first-order valence-corrected chi connectivity index (χ1v) is 10.7. The van der Waals surface area contributed by atoms with E-state index in [0.29, 0.717) is 17.2 Å². The number of rotatable bonds is 7. The lowest BCUT2D eigenvalue weighted by Crippen LogP contribution is -2.30. The minimum absolute atomic E-state index is 0.00602. The van der Waals surface area contributed by atoms with Crippen LogP contribution in [0.25, 0.3) is 0 Å². The summed E-state index contributed by atoms with van der Waals surface area (Å²) in [4.78, 5) is 30.7. The Morgan fingerprint density at radius 2 is 1.90 bits per heavy atom. The largest absolute Gasteiger partial charge is 0.497 e. The van der Waals surface area contributed by atoms with Gasteiger partial charge in [-0.25, -0.2) is 4.98 Å². The van der Waals surface area contributed by atoms with Crippen molar-refractivity contribution in [2.45, 2.75) is 25.2 Å². The van der Waals surface area contributed by atoms with Gasteiger partial charge in [-0.2, -0.15) is 0 Å². The van der Waals surface area contributed by atoms with E-state index in [1.807, 2.05) is 42.5 Å². The van der Waals surface area contributed by atoms with E-state index in [2.05, 4.69) is 15.6 Å². The summed E-state index contributed by atoms with van der Waals surface area (Å²) in [7, 11) is 1.64. The molecule has 2 N–H and O–H groups in total. The van der Waals surface area contributed by atoms with Crippen molar-refractivity contribution in [1.29, 1.82) is 0 Å². The molecule has 1 aliphatic rings. The van der Waals surface area contributed by atoms with Crippen LogP contribution in [0.2, 0.25) is 0 Å². The van der Waals surface area contributed by atoms with Gasteiger partial charge in [-0.1, -0.05) is 30.3 Å². The number of thiazole rings is 1. The zero-order valence-corrected chi connectivity index (χ0v) is 17.5. The number of fused-ring (bicyclic) bond motifs is 1. The summed E-state index contributed by atoms with van der Waals surface area (Å²) in [5, 5.41) is 6.42. The fourth-order valence-electron chi connectivity index (χ4n) is 3.54. The fourth-order valence-corrected chi connectivity index (χ4v) is 4.57. The molecular weight excluding hydrogens is 398 g/mol. The van der Waals surface area contributed by atoms with Crippen LogP contribution >= 0.6 is 11.3 Å². The van der Waals surface area contributed by atoms with Crippen LogP contribution in [0, 0.1) is 0 Å². The second-order valence-electron chi connectivity index (χ2n) is 7.13. The molecule has 154 valence electrons. The van der Waals surface area contributed by atoms with Gasteiger partial charge in [0.05, 0.1) is 18.7 Å². The van der Waals surface area contributed by atoms with Gasteiger partial charge in [0, 0.05) is 17.0 Å². The van der Waals surface area contributed by atoms with Crippen molar-refractivity contribution >= 4 is 28.3 Å². The second-order valence-corrected chi connectivity index (χ2v) is 8.21. The topological polar surface area (TPSA) is 80.3 Å². The summed E-state index contributed by atoms with van der Waals surface area (Å²) < 4.78 is 5.16. The molecule has 6 nitrogen and oxygen atoms in total. The molecular formula is C23H23N3O3S. The molecule has 2 amide bonds. The van der Waals surface area contributed by atoms with Crippen LogP contribution in [-0.2, 0) is 17.6 Å². The Labute approximate surface area is 179 Å². The number of hydrogen-bond acceptors (Lipinski definition) is 5. The maximum absolute atomic E-state index is 12.7. The van der Waals surface area contributed by atoms with Gasteiger partial charge in [0.25, 0.3) is 5.91 Å². The summed E-state index contributed by atoms with van der Waals surface area (Å²) >= 11 is 1.46. The van der Waals surface area contributed by atoms with Gasteiger partial charge in [-0.15, -0.1) is 11.3 Å². The number of amides is 2. The van der Waals surface area contributed by atoms with Gasteiger partial charge in [-0.05, 0) is 49.1 Å². The molecule has 3 aromatic rings. The standard InChI is InChI=1S/C23H23N3O3S/c1-29-17-9-7-15(8-10-17)13-14-24-22(28)18-11-12-19-20(18)25-23(30-19)26-21(27)16-5-3-2-4-6-16/h2-10,18H,11-14H2,1H3,(H,24,28)(H,25,26,27). The van der Waals surface area contributed by atoms with Crippen LogP contribution in [0.1, 0.15) is 38.8 Å². The van der Waals surface area contributed by atoms with E-state index in [1.165, 1.54) is 11.3 Å². The highest BCUT2D eigenvalue weighted by Gasteiger charge is 2.32. The molecule has 1 unspecified atom stereocenters. The maximum atomic E-state index is 12.7. The Balaban J connectivity index is 1.33. The summed E-state index contributed by atoms with van der Waals surface area (Å²) in [5.41, 5.74) is 2.52. The number of carbonyl (C=O) groups is 2. The van der Waals surface area contributed by atoms with Gasteiger partial charge >= 0.3 is 0 Å². The van der Waals surface area contributed by atoms with Crippen molar-refractivity contribution in [3.8, 4) is 5.75 Å². The predicted octanol–water partition coefficient (Wildman–Crippen LogP) is 3.79.